The van der Waals surface area contributed by atoms with Crippen LogP contribution < -0.4 is 10.6 Å². The summed E-state index contributed by atoms with van der Waals surface area (Å²) in [4.78, 5) is 22.4. The normalized spacial score (nSPS) is 21.3. The van der Waals surface area contributed by atoms with Crippen LogP contribution in [-0.4, -0.2) is 36.1 Å². The van der Waals surface area contributed by atoms with Crippen molar-refractivity contribution in [1.29, 1.82) is 0 Å². The minimum atomic E-state index is -0.396. The second-order valence-electron chi connectivity index (χ2n) is 4.70. The topological polar surface area (TPSA) is 78.4 Å². The molecule has 15 heavy (non-hydrogen) atoms. The largest absolute Gasteiger partial charge is 0.396 e. The average Bonchev–Trinajstić information content (AvgIpc) is 2.61. The predicted molar refractivity (Wildman–Crippen MR) is 55.0 cm³/mol. The van der Waals surface area contributed by atoms with Crippen LogP contribution >= 0.6 is 0 Å². The quantitative estimate of drug-likeness (QED) is 0.584. The van der Waals surface area contributed by atoms with E-state index in [1.807, 2.05) is 13.8 Å². The van der Waals surface area contributed by atoms with Gasteiger partial charge < -0.3 is 15.7 Å². The number of hydrogen-bond donors (Lipinski definition) is 3. The van der Waals surface area contributed by atoms with Crippen LogP contribution in [0.1, 0.15) is 26.7 Å². The molecule has 1 aliphatic heterocycles. The first-order valence-corrected chi connectivity index (χ1v) is 5.12. The van der Waals surface area contributed by atoms with Gasteiger partial charge in [-0.1, -0.05) is 13.8 Å². The highest BCUT2D eigenvalue weighted by atomic mass is 16.3. The van der Waals surface area contributed by atoms with E-state index >= 15 is 0 Å². The zero-order valence-electron chi connectivity index (χ0n) is 9.17. The summed E-state index contributed by atoms with van der Waals surface area (Å²) in [6, 6.07) is -0.396. The minimum absolute atomic E-state index is 0.0182. The Morgan fingerprint density at radius 2 is 2.33 bits per heavy atom. The fourth-order valence-electron chi connectivity index (χ4n) is 1.32. The fourth-order valence-corrected chi connectivity index (χ4v) is 1.32. The summed E-state index contributed by atoms with van der Waals surface area (Å²) < 4.78 is 0. The van der Waals surface area contributed by atoms with Gasteiger partial charge in [-0.3, -0.25) is 9.59 Å². The van der Waals surface area contributed by atoms with Crippen molar-refractivity contribution in [2.75, 3.05) is 13.2 Å². The molecule has 5 nitrogen and oxygen atoms in total. The molecule has 1 saturated heterocycles. The summed E-state index contributed by atoms with van der Waals surface area (Å²) in [6.45, 7) is 4.15. The standard InChI is InChI=1S/C10H18N2O3/c1-10(2,6-13)5-11-9(15)7-3-4-8(14)12-7/h7,13H,3-6H2,1-2H3,(H,11,15)(H,12,14). The minimum Gasteiger partial charge on any atom is -0.396 e. The molecule has 1 fully saturated rings. The highest BCUT2D eigenvalue weighted by Crippen LogP contribution is 2.12. The molecule has 0 spiro atoms. The summed E-state index contributed by atoms with van der Waals surface area (Å²) in [6.07, 6.45) is 0.978. The highest BCUT2D eigenvalue weighted by molar-refractivity contribution is 5.90. The summed E-state index contributed by atoms with van der Waals surface area (Å²) in [5.74, 6) is -0.237. The molecule has 1 aliphatic rings. The predicted octanol–water partition coefficient (Wildman–Crippen LogP) is -0.600. The molecule has 0 saturated carbocycles. The van der Waals surface area contributed by atoms with Crippen LogP contribution in [0.2, 0.25) is 0 Å². The first-order valence-electron chi connectivity index (χ1n) is 5.12. The van der Waals surface area contributed by atoms with Crippen molar-refractivity contribution in [3.8, 4) is 0 Å². The summed E-state index contributed by atoms with van der Waals surface area (Å²) >= 11 is 0. The van der Waals surface area contributed by atoms with E-state index in [0.29, 0.717) is 19.4 Å². The summed E-state index contributed by atoms with van der Waals surface area (Å²) in [7, 11) is 0. The van der Waals surface area contributed by atoms with E-state index in [1.54, 1.807) is 0 Å². The zero-order chi connectivity index (χ0) is 11.5. The third kappa shape index (κ3) is 3.51. The van der Waals surface area contributed by atoms with E-state index in [2.05, 4.69) is 10.6 Å². The van der Waals surface area contributed by atoms with Crippen LogP contribution in [0.3, 0.4) is 0 Å². The maximum atomic E-state index is 11.5. The van der Waals surface area contributed by atoms with Crippen molar-refractivity contribution in [2.24, 2.45) is 5.41 Å². The fraction of sp³-hybridized carbons (Fsp3) is 0.800. The van der Waals surface area contributed by atoms with E-state index in [0.717, 1.165) is 0 Å². The van der Waals surface area contributed by atoms with Crippen molar-refractivity contribution in [1.82, 2.24) is 10.6 Å². The van der Waals surface area contributed by atoms with E-state index in [4.69, 9.17) is 5.11 Å². The van der Waals surface area contributed by atoms with E-state index < -0.39 is 6.04 Å². The number of aliphatic hydroxyl groups is 1. The molecule has 86 valence electrons. The molecule has 1 unspecified atom stereocenters. The van der Waals surface area contributed by atoms with Crippen LogP contribution in [0, 0.1) is 5.41 Å². The molecule has 3 N–H and O–H groups in total. The monoisotopic (exact) mass is 214 g/mol. The Balaban J connectivity index is 2.33. The lowest BCUT2D eigenvalue weighted by Crippen LogP contribution is -2.45. The highest BCUT2D eigenvalue weighted by Gasteiger charge is 2.28. The van der Waals surface area contributed by atoms with Gasteiger partial charge in [-0.2, -0.15) is 0 Å². The van der Waals surface area contributed by atoms with E-state index in [-0.39, 0.29) is 23.8 Å². The molecule has 2 amide bonds. The second-order valence-corrected chi connectivity index (χ2v) is 4.70. The van der Waals surface area contributed by atoms with Gasteiger partial charge in [-0.15, -0.1) is 0 Å². The Labute approximate surface area is 89.2 Å². The number of carbonyl (C=O) groups excluding carboxylic acids is 2. The lowest BCUT2D eigenvalue weighted by molar-refractivity contribution is -0.126. The third-order valence-electron chi connectivity index (χ3n) is 2.48. The number of rotatable bonds is 4. The van der Waals surface area contributed by atoms with Crippen molar-refractivity contribution < 1.29 is 14.7 Å². The zero-order valence-corrected chi connectivity index (χ0v) is 9.17. The Morgan fingerprint density at radius 1 is 1.67 bits per heavy atom. The molecule has 1 heterocycles. The van der Waals surface area contributed by atoms with Crippen molar-refractivity contribution in [3.05, 3.63) is 0 Å². The summed E-state index contributed by atoms with van der Waals surface area (Å²) in [5.41, 5.74) is -0.321. The Bertz CT molecular complexity index is 263. The average molecular weight is 214 g/mol. The molecule has 1 atom stereocenters. The molecule has 0 aliphatic carbocycles. The molecule has 0 bridgehead atoms. The molecule has 0 radical (unpaired) electrons. The first kappa shape index (κ1) is 12.0. The van der Waals surface area contributed by atoms with Gasteiger partial charge in [0.15, 0.2) is 0 Å². The van der Waals surface area contributed by atoms with Crippen LogP contribution in [-0.2, 0) is 9.59 Å². The van der Waals surface area contributed by atoms with Crippen molar-refractivity contribution in [2.45, 2.75) is 32.7 Å². The van der Waals surface area contributed by atoms with Crippen molar-refractivity contribution >= 4 is 11.8 Å². The molecule has 1 rings (SSSR count). The lowest BCUT2D eigenvalue weighted by atomic mass is 9.95. The number of hydrogen-bond acceptors (Lipinski definition) is 3. The van der Waals surface area contributed by atoms with Gasteiger partial charge in [0.1, 0.15) is 6.04 Å². The number of nitrogens with one attached hydrogen (secondary N) is 2. The molecular weight excluding hydrogens is 196 g/mol. The maximum Gasteiger partial charge on any atom is 0.242 e. The molecule has 0 aromatic heterocycles. The van der Waals surface area contributed by atoms with Gasteiger partial charge in [-0.05, 0) is 6.42 Å². The third-order valence-corrected chi connectivity index (χ3v) is 2.48. The Kier molecular flexibility index (Phi) is 3.68. The summed E-state index contributed by atoms with van der Waals surface area (Å²) in [5, 5.41) is 14.3. The number of amides is 2. The SMILES string of the molecule is CC(C)(CO)CNC(=O)C1CCC(=O)N1. The van der Waals surface area contributed by atoms with Crippen molar-refractivity contribution in [3.63, 3.8) is 0 Å². The van der Waals surface area contributed by atoms with Gasteiger partial charge >= 0.3 is 0 Å². The Morgan fingerprint density at radius 3 is 2.80 bits per heavy atom. The van der Waals surface area contributed by atoms with Gasteiger partial charge in [0, 0.05) is 25.0 Å². The Hall–Kier alpha value is -1.10. The van der Waals surface area contributed by atoms with E-state index in [1.165, 1.54) is 0 Å². The second kappa shape index (κ2) is 4.61. The van der Waals surface area contributed by atoms with Crippen LogP contribution in [0.25, 0.3) is 0 Å². The molecule has 0 aromatic carbocycles. The van der Waals surface area contributed by atoms with Crippen LogP contribution in [0.5, 0.6) is 0 Å². The maximum absolute atomic E-state index is 11.5. The number of carbonyl (C=O) groups is 2. The van der Waals surface area contributed by atoms with Crippen LogP contribution in [0.15, 0.2) is 0 Å². The molecule has 5 heteroatoms. The van der Waals surface area contributed by atoms with Gasteiger partial charge in [0.05, 0.1) is 0 Å². The number of aliphatic hydroxyl groups excluding tert-OH is 1. The smallest absolute Gasteiger partial charge is 0.242 e. The van der Waals surface area contributed by atoms with Gasteiger partial charge in [0.25, 0.3) is 0 Å². The van der Waals surface area contributed by atoms with Crippen LogP contribution in [0.4, 0.5) is 0 Å². The molecule has 0 aromatic rings. The first-order chi connectivity index (χ1) is 6.94. The molecular formula is C10H18N2O3. The van der Waals surface area contributed by atoms with Gasteiger partial charge in [0.2, 0.25) is 11.8 Å². The van der Waals surface area contributed by atoms with E-state index in [9.17, 15) is 9.59 Å². The lowest BCUT2D eigenvalue weighted by Gasteiger charge is -2.22. The van der Waals surface area contributed by atoms with Gasteiger partial charge in [-0.25, -0.2) is 0 Å².